The Bertz CT molecular complexity index is 807. The Kier molecular flexibility index (Phi) is 5.52. The summed E-state index contributed by atoms with van der Waals surface area (Å²) in [5.41, 5.74) is 2.15. The minimum absolute atomic E-state index is 0.0340. The van der Waals surface area contributed by atoms with Crippen LogP contribution in [0.25, 0.3) is 11.0 Å². The molecule has 2 aromatic rings. The van der Waals surface area contributed by atoms with Gasteiger partial charge >= 0.3 is 0 Å². The molecular formula is C20H28N4O. The monoisotopic (exact) mass is 340 g/mol. The predicted octanol–water partition coefficient (Wildman–Crippen LogP) is 4.89. The van der Waals surface area contributed by atoms with Gasteiger partial charge in [-0.2, -0.15) is 5.26 Å². The lowest BCUT2D eigenvalue weighted by molar-refractivity contribution is -0.122. The van der Waals surface area contributed by atoms with Crippen LogP contribution < -0.4 is 5.32 Å². The summed E-state index contributed by atoms with van der Waals surface area (Å²) in [7, 11) is 0. The number of carbonyl (C=O) groups excluding carboxylic acids is 1. The maximum atomic E-state index is 12.7. The summed E-state index contributed by atoms with van der Waals surface area (Å²) in [4.78, 5) is 17.3. The molecule has 0 saturated carbocycles. The van der Waals surface area contributed by atoms with Crippen LogP contribution in [0.5, 0.6) is 0 Å². The van der Waals surface area contributed by atoms with E-state index in [1.54, 1.807) is 6.07 Å². The average Bonchev–Trinajstić information content (AvgIpc) is 2.90. The number of anilines is 1. The first-order valence-corrected chi connectivity index (χ1v) is 8.92. The molecule has 25 heavy (non-hydrogen) atoms. The highest BCUT2D eigenvalue weighted by Crippen LogP contribution is 2.30. The van der Waals surface area contributed by atoms with Gasteiger partial charge in [-0.25, -0.2) is 4.98 Å². The highest BCUT2D eigenvalue weighted by molar-refractivity contribution is 5.93. The molecule has 0 spiro atoms. The highest BCUT2D eigenvalue weighted by atomic mass is 16.2. The fourth-order valence-electron chi connectivity index (χ4n) is 2.86. The van der Waals surface area contributed by atoms with Gasteiger partial charge in [0, 0.05) is 12.0 Å². The molecule has 0 aliphatic rings. The summed E-state index contributed by atoms with van der Waals surface area (Å²) in [6.45, 7) is 12.4. The van der Waals surface area contributed by atoms with E-state index in [0.717, 1.165) is 23.9 Å². The third kappa shape index (κ3) is 4.01. The Balaban J connectivity index is 2.50. The molecule has 1 unspecified atom stereocenters. The van der Waals surface area contributed by atoms with Gasteiger partial charge in [-0.1, -0.05) is 41.0 Å². The first-order valence-electron chi connectivity index (χ1n) is 8.92. The van der Waals surface area contributed by atoms with E-state index in [4.69, 9.17) is 0 Å². The Hall–Kier alpha value is -2.35. The van der Waals surface area contributed by atoms with E-state index < -0.39 is 0 Å². The Morgan fingerprint density at radius 1 is 1.36 bits per heavy atom. The molecule has 0 aliphatic heterocycles. The van der Waals surface area contributed by atoms with Crippen molar-refractivity contribution in [2.75, 3.05) is 5.32 Å². The van der Waals surface area contributed by atoms with Crippen LogP contribution in [0, 0.1) is 22.7 Å². The third-order valence-corrected chi connectivity index (χ3v) is 4.89. The van der Waals surface area contributed by atoms with Crippen molar-refractivity contribution >= 4 is 22.9 Å². The molecule has 1 aromatic carbocycles. The molecule has 5 nitrogen and oxygen atoms in total. The van der Waals surface area contributed by atoms with Crippen molar-refractivity contribution in [3.63, 3.8) is 0 Å². The highest BCUT2D eigenvalue weighted by Gasteiger charge is 2.28. The predicted molar refractivity (Wildman–Crippen MR) is 101 cm³/mol. The topological polar surface area (TPSA) is 70.7 Å². The van der Waals surface area contributed by atoms with E-state index in [1.807, 2.05) is 23.6 Å². The number of benzene rings is 1. The normalized spacial score (nSPS) is 14.1. The number of nitriles is 1. The van der Waals surface area contributed by atoms with Gasteiger partial charge < -0.3 is 4.57 Å². The van der Waals surface area contributed by atoms with Crippen molar-refractivity contribution in [1.29, 1.82) is 5.26 Å². The van der Waals surface area contributed by atoms with Crippen molar-refractivity contribution in [1.82, 2.24) is 9.55 Å². The Morgan fingerprint density at radius 3 is 2.60 bits per heavy atom. The van der Waals surface area contributed by atoms with Crippen LogP contribution in [-0.2, 0) is 4.79 Å². The van der Waals surface area contributed by atoms with E-state index in [9.17, 15) is 10.1 Å². The molecule has 5 heteroatoms. The number of nitrogens with zero attached hydrogens (tertiary/aromatic N) is 3. The summed E-state index contributed by atoms with van der Waals surface area (Å²) in [6.07, 6.45) is 2.00. The second kappa shape index (κ2) is 7.26. The molecule has 1 amide bonds. The number of nitrogens with one attached hydrogen (secondary N) is 1. The van der Waals surface area contributed by atoms with Crippen molar-refractivity contribution in [3.05, 3.63) is 23.8 Å². The largest absolute Gasteiger partial charge is 0.307 e. The summed E-state index contributed by atoms with van der Waals surface area (Å²) in [6, 6.07) is 7.80. The number of rotatable bonds is 5. The van der Waals surface area contributed by atoms with Crippen LogP contribution in [0.4, 0.5) is 5.95 Å². The minimum atomic E-state index is -0.142. The SMILES string of the molecule is CCCC(C)n1c(NC(=O)[C@H](C)C(C)(C)C)nc2ccc(C#N)cc21. The molecular weight excluding hydrogens is 312 g/mol. The molecule has 0 bridgehead atoms. The molecule has 134 valence electrons. The lowest BCUT2D eigenvalue weighted by Gasteiger charge is -2.26. The van der Waals surface area contributed by atoms with Crippen molar-refractivity contribution in [2.24, 2.45) is 11.3 Å². The number of carbonyl (C=O) groups is 1. The van der Waals surface area contributed by atoms with Crippen molar-refractivity contribution in [2.45, 2.75) is 60.4 Å². The van der Waals surface area contributed by atoms with Crippen LogP contribution in [0.15, 0.2) is 18.2 Å². The second-order valence-electron chi connectivity index (χ2n) is 7.84. The molecule has 1 heterocycles. The lowest BCUT2D eigenvalue weighted by Crippen LogP contribution is -2.31. The molecule has 0 fully saturated rings. The van der Waals surface area contributed by atoms with E-state index in [0.29, 0.717) is 11.5 Å². The zero-order chi connectivity index (χ0) is 18.8. The van der Waals surface area contributed by atoms with Crippen LogP contribution in [0.1, 0.15) is 66.0 Å². The summed E-state index contributed by atoms with van der Waals surface area (Å²) in [5, 5.41) is 12.2. The zero-order valence-electron chi connectivity index (χ0n) is 16.1. The average molecular weight is 340 g/mol. The van der Waals surface area contributed by atoms with Crippen molar-refractivity contribution < 1.29 is 4.79 Å². The molecule has 0 aliphatic carbocycles. The Labute approximate surface area is 150 Å². The third-order valence-electron chi connectivity index (χ3n) is 4.89. The number of amides is 1. The summed E-state index contributed by atoms with van der Waals surface area (Å²) >= 11 is 0. The van der Waals surface area contributed by atoms with E-state index in [1.165, 1.54) is 0 Å². The molecule has 1 aromatic heterocycles. The minimum Gasteiger partial charge on any atom is -0.307 e. The maximum Gasteiger partial charge on any atom is 0.230 e. The van der Waals surface area contributed by atoms with Crippen LogP contribution >= 0.6 is 0 Å². The number of aromatic nitrogens is 2. The van der Waals surface area contributed by atoms with Crippen LogP contribution in [-0.4, -0.2) is 15.5 Å². The molecule has 2 atom stereocenters. The number of fused-ring (bicyclic) bond motifs is 1. The van der Waals surface area contributed by atoms with Gasteiger partial charge in [-0.3, -0.25) is 10.1 Å². The van der Waals surface area contributed by atoms with Gasteiger partial charge in [-0.15, -0.1) is 0 Å². The Morgan fingerprint density at radius 2 is 2.04 bits per heavy atom. The van der Waals surface area contributed by atoms with E-state index in [2.05, 4.69) is 51.0 Å². The molecule has 1 N–H and O–H groups in total. The van der Waals surface area contributed by atoms with Crippen LogP contribution in [0.3, 0.4) is 0 Å². The summed E-state index contributed by atoms with van der Waals surface area (Å²) in [5.74, 6) is 0.386. The molecule has 0 radical (unpaired) electrons. The second-order valence-corrected chi connectivity index (χ2v) is 7.84. The van der Waals surface area contributed by atoms with E-state index >= 15 is 0 Å². The first kappa shape index (κ1) is 19.0. The van der Waals surface area contributed by atoms with Gasteiger partial charge in [0.05, 0.1) is 22.7 Å². The number of hydrogen-bond acceptors (Lipinski definition) is 3. The van der Waals surface area contributed by atoms with E-state index in [-0.39, 0.29) is 23.3 Å². The fraction of sp³-hybridized carbons (Fsp3) is 0.550. The quantitative estimate of drug-likeness (QED) is 0.842. The first-order chi connectivity index (χ1) is 11.7. The number of hydrogen-bond donors (Lipinski definition) is 1. The number of imidazole rings is 1. The summed E-state index contributed by atoms with van der Waals surface area (Å²) < 4.78 is 2.05. The van der Waals surface area contributed by atoms with Gasteiger partial charge in [0.2, 0.25) is 11.9 Å². The van der Waals surface area contributed by atoms with Gasteiger partial charge in [0.15, 0.2) is 0 Å². The maximum absolute atomic E-state index is 12.7. The standard InChI is InChI=1S/C20H28N4O/c1-7-8-13(2)24-17-11-15(12-21)9-10-16(17)22-19(24)23-18(25)14(3)20(4,5)6/h9-11,13-14H,7-8H2,1-6H3,(H,22,23,25)/t13?,14-/m0/s1. The van der Waals surface area contributed by atoms with Gasteiger partial charge in [0.25, 0.3) is 0 Å². The zero-order valence-corrected chi connectivity index (χ0v) is 16.1. The van der Waals surface area contributed by atoms with Crippen molar-refractivity contribution in [3.8, 4) is 6.07 Å². The van der Waals surface area contributed by atoms with Crippen LogP contribution in [0.2, 0.25) is 0 Å². The molecule has 2 rings (SSSR count). The lowest BCUT2D eigenvalue weighted by atomic mass is 9.81. The smallest absolute Gasteiger partial charge is 0.230 e. The fourth-order valence-corrected chi connectivity index (χ4v) is 2.86. The molecule has 0 saturated heterocycles. The van der Waals surface area contributed by atoms with Gasteiger partial charge in [-0.05, 0) is 37.0 Å². The van der Waals surface area contributed by atoms with Gasteiger partial charge in [0.1, 0.15) is 0 Å².